The first-order chi connectivity index (χ1) is 15.9. The van der Waals surface area contributed by atoms with E-state index in [1.807, 2.05) is 23.8 Å². The van der Waals surface area contributed by atoms with Gasteiger partial charge in [0.15, 0.2) is 0 Å². The molecular formula is C25H27FN4O3. The first kappa shape index (κ1) is 22.5. The maximum absolute atomic E-state index is 13.0. The number of hydrogen-bond donors (Lipinski definition) is 1. The zero-order valence-corrected chi connectivity index (χ0v) is 18.8. The summed E-state index contributed by atoms with van der Waals surface area (Å²) in [5.74, 6) is 0.126. The summed E-state index contributed by atoms with van der Waals surface area (Å²) in [6.07, 6.45) is 5.22. The van der Waals surface area contributed by atoms with Gasteiger partial charge in [0, 0.05) is 37.3 Å². The summed E-state index contributed by atoms with van der Waals surface area (Å²) in [4.78, 5) is 31.4. The normalized spacial score (nSPS) is 15.5. The number of nitrogens with one attached hydrogen (secondary N) is 1. The third kappa shape index (κ3) is 5.39. The molecule has 8 heteroatoms. The Balaban J connectivity index is 1.32. The average Bonchev–Trinajstić information content (AvgIpc) is 3.47. The maximum atomic E-state index is 13.0. The molecule has 2 aromatic carbocycles. The van der Waals surface area contributed by atoms with E-state index in [2.05, 4.69) is 10.3 Å². The summed E-state index contributed by atoms with van der Waals surface area (Å²) in [6.45, 7) is 3.00. The van der Waals surface area contributed by atoms with E-state index in [1.165, 1.54) is 12.1 Å². The SMILES string of the molecule is COc1cc(C(=O)NC2CCN(C(=O)CCc3ccc(F)cc3)C2)ccc1-n1cnc(C)c1. The predicted octanol–water partition coefficient (Wildman–Crippen LogP) is 3.29. The Labute approximate surface area is 192 Å². The lowest BCUT2D eigenvalue weighted by Crippen LogP contribution is -2.38. The topological polar surface area (TPSA) is 76.5 Å². The standard InChI is InChI=1S/C25H27FN4O3/c1-17-14-30(16-27-17)22-9-6-19(13-23(22)33-2)25(32)28-21-11-12-29(15-21)24(31)10-5-18-3-7-20(26)8-4-18/h3-4,6-9,13-14,16,21H,5,10-12,15H2,1-2H3,(H,28,32). The molecule has 1 aliphatic heterocycles. The number of nitrogens with zero attached hydrogens (tertiary/aromatic N) is 3. The van der Waals surface area contributed by atoms with Gasteiger partial charge in [-0.25, -0.2) is 9.37 Å². The van der Waals surface area contributed by atoms with Crippen molar-refractivity contribution in [1.82, 2.24) is 19.8 Å². The lowest BCUT2D eigenvalue weighted by atomic mass is 10.1. The third-order valence-electron chi connectivity index (χ3n) is 5.85. The van der Waals surface area contributed by atoms with Crippen LogP contribution < -0.4 is 10.1 Å². The molecule has 0 saturated carbocycles. The summed E-state index contributed by atoms with van der Waals surface area (Å²) in [7, 11) is 1.57. The molecule has 1 unspecified atom stereocenters. The van der Waals surface area contributed by atoms with Crippen LogP contribution in [0, 0.1) is 12.7 Å². The van der Waals surface area contributed by atoms with E-state index < -0.39 is 0 Å². The average molecular weight is 451 g/mol. The van der Waals surface area contributed by atoms with Crippen LogP contribution in [0.2, 0.25) is 0 Å². The van der Waals surface area contributed by atoms with Crippen LogP contribution in [0.15, 0.2) is 55.0 Å². The van der Waals surface area contributed by atoms with E-state index in [0.717, 1.165) is 16.9 Å². The smallest absolute Gasteiger partial charge is 0.251 e. The molecule has 1 aromatic heterocycles. The van der Waals surface area contributed by atoms with Crippen molar-refractivity contribution in [1.29, 1.82) is 0 Å². The number of carbonyl (C=O) groups excluding carboxylic acids is 2. The number of imidazole rings is 1. The van der Waals surface area contributed by atoms with E-state index in [9.17, 15) is 14.0 Å². The second-order valence-electron chi connectivity index (χ2n) is 8.23. The number of likely N-dealkylation sites (tertiary alicyclic amines) is 1. The fourth-order valence-corrected chi connectivity index (χ4v) is 4.02. The second-order valence-corrected chi connectivity index (χ2v) is 8.23. The highest BCUT2D eigenvalue weighted by Gasteiger charge is 2.27. The molecule has 7 nitrogen and oxygen atoms in total. The molecule has 172 valence electrons. The van der Waals surface area contributed by atoms with Crippen molar-refractivity contribution in [2.75, 3.05) is 20.2 Å². The Kier molecular flexibility index (Phi) is 6.72. The lowest BCUT2D eigenvalue weighted by molar-refractivity contribution is -0.130. The molecule has 1 saturated heterocycles. The number of aryl methyl sites for hydroxylation is 2. The van der Waals surface area contributed by atoms with Gasteiger partial charge < -0.3 is 19.5 Å². The van der Waals surface area contributed by atoms with Crippen molar-refractivity contribution in [3.8, 4) is 11.4 Å². The minimum absolute atomic E-state index is 0.0396. The van der Waals surface area contributed by atoms with Gasteiger partial charge in [-0.05, 0) is 55.7 Å². The Morgan fingerprint density at radius 2 is 2.00 bits per heavy atom. The molecule has 1 atom stereocenters. The van der Waals surface area contributed by atoms with Crippen molar-refractivity contribution >= 4 is 11.8 Å². The molecule has 0 spiro atoms. The molecular weight excluding hydrogens is 423 g/mol. The summed E-state index contributed by atoms with van der Waals surface area (Å²) < 4.78 is 20.4. The second kappa shape index (κ2) is 9.85. The van der Waals surface area contributed by atoms with Crippen LogP contribution in [0.1, 0.15) is 34.5 Å². The lowest BCUT2D eigenvalue weighted by Gasteiger charge is -2.17. The van der Waals surface area contributed by atoms with E-state index in [1.54, 1.807) is 42.6 Å². The fourth-order valence-electron chi connectivity index (χ4n) is 4.02. The van der Waals surface area contributed by atoms with Crippen LogP contribution in [0.3, 0.4) is 0 Å². The zero-order chi connectivity index (χ0) is 23.4. The number of ether oxygens (including phenoxy) is 1. The van der Waals surface area contributed by atoms with Crippen LogP contribution in [0.5, 0.6) is 5.75 Å². The van der Waals surface area contributed by atoms with E-state index in [-0.39, 0.29) is 23.7 Å². The Morgan fingerprint density at radius 3 is 2.70 bits per heavy atom. The van der Waals surface area contributed by atoms with E-state index in [4.69, 9.17) is 4.74 Å². The van der Waals surface area contributed by atoms with Crippen molar-refractivity contribution < 1.29 is 18.7 Å². The Morgan fingerprint density at radius 1 is 1.21 bits per heavy atom. The molecule has 0 bridgehead atoms. The molecule has 0 radical (unpaired) electrons. The van der Waals surface area contributed by atoms with Gasteiger partial charge in [0.2, 0.25) is 5.91 Å². The highest BCUT2D eigenvalue weighted by molar-refractivity contribution is 5.95. The van der Waals surface area contributed by atoms with Gasteiger partial charge in [0.25, 0.3) is 5.91 Å². The number of benzene rings is 2. The van der Waals surface area contributed by atoms with Gasteiger partial charge in [-0.1, -0.05) is 12.1 Å². The van der Waals surface area contributed by atoms with Gasteiger partial charge >= 0.3 is 0 Å². The number of hydrogen-bond acceptors (Lipinski definition) is 4. The highest BCUT2D eigenvalue weighted by atomic mass is 19.1. The van der Waals surface area contributed by atoms with Gasteiger partial charge in [0.1, 0.15) is 11.6 Å². The minimum Gasteiger partial charge on any atom is -0.495 e. The highest BCUT2D eigenvalue weighted by Crippen LogP contribution is 2.25. The van der Waals surface area contributed by atoms with Gasteiger partial charge in [-0.2, -0.15) is 0 Å². The van der Waals surface area contributed by atoms with Crippen LogP contribution in [0.4, 0.5) is 4.39 Å². The summed E-state index contributed by atoms with van der Waals surface area (Å²) in [5, 5.41) is 3.03. The predicted molar refractivity (Wildman–Crippen MR) is 122 cm³/mol. The number of methoxy groups -OCH3 is 1. The van der Waals surface area contributed by atoms with Crippen LogP contribution in [0.25, 0.3) is 5.69 Å². The van der Waals surface area contributed by atoms with Crippen molar-refractivity contribution in [2.24, 2.45) is 0 Å². The molecule has 3 aromatic rings. The Hall–Kier alpha value is -3.68. The van der Waals surface area contributed by atoms with Gasteiger partial charge in [-0.3, -0.25) is 9.59 Å². The number of aromatic nitrogens is 2. The van der Waals surface area contributed by atoms with Gasteiger partial charge in [0.05, 0.1) is 24.8 Å². The van der Waals surface area contributed by atoms with Crippen molar-refractivity contribution in [3.63, 3.8) is 0 Å². The number of amides is 2. The number of rotatable bonds is 7. The third-order valence-corrected chi connectivity index (χ3v) is 5.85. The number of halogens is 1. The molecule has 2 amide bonds. The molecule has 0 aliphatic carbocycles. The van der Waals surface area contributed by atoms with Crippen molar-refractivity contribution in [2.45, 2.75) is 32.2 Å². The van der Waals surface area contributed by atoms with E-state index >= 15 is 0 Å². The fraction of sp³-hybridized carbons (Fsp3) is 0.320. The van der Waals surface area contributed by atoms with E-state index in [0.29, 0.717) is 43.7 Å². The van der Waals surface area contributed by atoms with Gasteiger partial charge in [-0.15, -0.1) is 0 Å². The molecule has 1 N–H and O–H groups in total. The first-order valence-electron chi connectivity index (χ1n) is 10.9. The van der Waals surface area contributed by atoms with Crippen LogP contribution in [-0.4, -0.2) is 52.5 Å². The quantitative estimate of drug-likeness (QED) is 0.599. The Bertz CT molecular complexity index is 1140. The monoisotopic (exact) mass is 450 g/mol. The molecule has 1 fully saturated rings. The van der Waals surface area contributed by atoms with Crippen LogP contribution in [-0.2, 0) is 11.2 Å². The molecule has 2 heterocycles. The molecule has 4 rings (SSSR count). The molecule has 33 heavy (non-hydrogen) atoms. The number of carbonyl (C=O) groups is 2. The largest absolute Gasteiger partial charge is 0.495 e. The summed E-state index contributed by atoms with van der Waals surface area (Å²) in [5.41, 5.74) is 3.11. The first-order valence-corrected chi connectivity index (χ1v) is 10.9. The summed E-state index contributed by atoms with van der Waals surface area (Å²) in [6, 6.07) is 11.4. The maximum Gasteiger partial charge on any atom is 0.251 e. The van der Waals surface area contributed by atoms with Crippen LogP contribution >= 0.6 is 0 Å². The summed E-state index contributed by atoms with van der Waals surface area (Å²) >= 11 is 0. The minimum atomic E-state index is -0.285. The van der Waals surface area contributed by atoms with Crippen molar-refractivity contribution in [3.05, 3.63) is 77.6 Å². The molecule has 1 aliphatic rings. The zero-order valence-electron chi connectivity index (χ0n) is 18.8.